The zero-order chi connectivity index (χ0) is 23.0. The topological polar surface area (TPSA) is 97.6 Å². The summed E-state index contributed by atoms with van der Waals surface area (Å²) in [4.78, 5) is 29.3. The van der Waals surface area contributed by atoms with Crippen molar-refractivity contribution in [3.63, 3.8) is 0 Å². The fraction of sp³-hybridized carbons (Fsp3) is 0.652. The summed E-state index contributed by atoms with van der Waals surface area (Å²) in [6, 6.07) is 0.0979. The number of carbonyl (C=O) groups is 1. The molecule has 5 unspecified atom stereocenters. The summed E-state index contributed by atoms with van der Waals surface area (Å²) < 4.78 is 7.47. The molecule has 1 aromatic heterocycles. The van der Waals surface area contributed by atoms with Gasteiger partial charge in [-0.3, -0.25) is 14.6 Å². The van der Waals surface area contributed by atoms with Crippen molar-refractivity contribution in [3.05, 3.63) is 32.7 Å². The van der Waals surface area contributed by atoms with Crippen LogP contribution >= 0.6 is 15.9 Å². The third kappa shape index (κ3) is 4.17. The molecule has 2 N–H and O–H groups in total. The molecule has 2 bridgehead atoms. The first-order valence-corrected chi connectivity index (χ1v) is 12.0. The Morgan fingerprint density at radius 2 is 2.16 bits per heavy atom. The lowest BCUT2D eigenvalue weighted by atomic mass is 9.43. The summed E-state index contributed by atoms with van der Waals surface area (Å²) in [5.74, 6) is 1.27. The van der Waals surface area contributed by atoms with Crippen molar-refractivity contribution >= 4 is 33.7 Å². The molecule has 9 heteroatoms. The van der Waals surface area contributed by atoms with E-state index < -0.39 is 0 Å². The van der Waals surface area contributed by atoms with Crippen LogP contribution in [0.5, 0.6) is 0 Å². The maximum Gasteiger partial charge on any atom is 0.283 e. The van der Waals surface area contributed by atoms with Crippen LogP contribution in [0.2, 0.25) is 0 Å². The first kappa shape index (κ1) is 23.2. The smallest absolute Gasteiger partial charge is 0.283 e. The number of anilines is 1. The SMILES string of the molecule is COC1C(Nc2cnn(CC(=O)NCC3=CC=NCC3)c(=O)c2Br)C(C)C2CC1C2(C)C. The quantitative estimate of drug-likeness (QED) is 0.593. The van der Waals surface area contributed by atoms with Gasteiger partial charge in [0.15, 0.2) is 0 Å². The molecule has 3 fully saturated rings. The second-order valence-electron chi connectivity index (χ2n) is 9.74. The number of fused-ring (bicyclic) bond motifs is 2. The average molecular weight is 506 g/mol. The third-order valence-electron chi connectivity index (χ3n) is 7.73. The van der Waals surface area contributed by atoms with Crippen LogP contribution in [-0.2, 0) is 16.1 Å². The normalized spacial score (nSPS) is 30.3. The molecule has 32 heavy (non-hydrogen) atoms. The van der Waals surface area contributed by atoms with Crippen molar-refractivity contribution < 1.29 is 9.53 Å². The Balaban J connectivity index is 1.43. The lowest BCUT2D eigenvalue weighted by Crippen LogP contribution is -2.66. The van der Waals surface area contributed by atoms with Gasteiger partial charge in [-0.1, -0.05) is 20.8 Å². The van der Waals surface area contributed by atoms with E-state index in [1.54, 1.807) is 19.5 Å². The summed E-state index contributed by atoms with van der Waals surface area (Å²) in [5.41, 5.74) is 1.68. The zero-order valence-electron chi connectivity index (χ0n) is 19.1. The number of ether oxygens (including phenoxy) is 1. The van der Waals surface area contributed by atoms with E-state index in [1.165, 1.54) is 11.1 Å². The van der Waals surface area contributed by atoms with Crippen LogP contribution in [0.25, 0.3) is 0 Å². The molecular weight excluding hydrogens is 474 g/mol. The van der Waals surface area contributed by atoms with Gasteiger partial charge in [-0.15, -0.1) is 0 Å². The Bertz CT molecular complexity index is 1000. The van der Waals surface area contributed by atoms with Gasteiger partial charge in [0.25, 0.3) is 5.56 Å². The average Bonchev–Trinajstić information content (AvgIpc) is 2.78. The van der Waals surface area contributed by atoms with Crippen LogP contribution in [0, 0.1) is 23.2 Å². The molecular formula is C23H32BrN5O3. The minimum Gasteiger partial charge on any atom is -0.379 e. The number of hydrogen-bond acceptors (Lipinski definition) is 6. The number of methoxy groups -OCH3 is 1. The second-order valence-corrected chi connectivity index (χ2v) is 10.5. The van der Waals surface area contributed by atoms with Crippen molar-refractivity contribution in [2.24, 2.45) is 28.2 Å². The van der Waals surface area contributed by atoms with Gasteiger partial charge < -0.3 is 15.4 Å². The first-order valence-electron chi connectivity index (χ1n) is 11.2. The molecule has 174 valence electrons. The van der Waals surface area contributed by atoms with Crippen molar-refractivity contribution in [1.82, 2.24) is 15.1 Å². The van der Waals surface area contributed by atoms with Crippen LogP contribution in [0.15, 0.2) is 32.1 Å². The largest absolute Gasteiger partial charge is 0.379 e. The standard InChI is InChI=1S/C23H32BrN5O3/c1-13-15-9-16(23(15,2)3)21(32-4)20(13)28-17-11-27-29(22(31)19(17)24)12-18(30)26-10-14-5-7-25-8-6-14/h5,7,11,13,15-16,20-21,28H,6,8-10,12H2,1-4H3,(H,26,30). The Morgan fingerprint density at radius 3 is 2.81 bits per heavy atom. The number of amides is 1. The number of aromatic nitrogens is 2. The van der Waals surface area contributed by atoms with Gasteiger partial charge in [-0.25, -0.2) is 4.68 Å². The Kier molecular flexibility index (Phi) is 6.58. The van der Waals surface area contributed by atoms with E-state index in [-0.39, 0.29) is 35.6 Å². The van der Waals surface area contributed by atoms with Gasteiger partial charge in [0, 0.05) is 26.4 Å². The molecule has 1 aliphatic heterocycles. The third-order valence-corrected chi connectivity index (χ3v) is 8.50. The molecule has 1 amide bonds. The highest BCUT2D eigenvalue weighted by Gasteiger charge is 2.61. The molecule has 0 saturated heterocycles. The predicted octanol–water partition coefficient (Wildman–Crippen LogP) is 2.63. The van der Waals surface area contributed by atoms with Gasteiger partial charge in [-0.2, -0.15) is 5.10 Å². The van der Waals surface area contributed by atoms with E-state index in [2.05, 4.69) is 57.4 Å². The van der Waals surface area contributed by atoms with E-state index in [9.17, 15) is 9.59 Å². The van der Waals surface area contributed by atoms with Crippen LogP contribution in [0.4, 0.5) is 5.69 Å². The highest BCUT2D eigenvalue weighted by atomic mass is 79.9. The van der Waals surface area contributed by atoms with Gasteiger partial charge in [0.1, 0.15) is 11.0 Å². The van der Waals surface area contributed by atoms with E-state index in [0.717, 1.165) is 18.5 Å². The van der Waals surface area contributed by atoms with E-state index in [0.29, 0.717) is 34.5 Å². The minimum atomic E-state index is -0.336. The van der Waals surface area contributed by atoms with Gasteiger partial charge in [0.05, 0.1) is 24.0 Å². The fourth-order valence-corrected chi connectivity index (χ4v) is 6.12. The summed E-state index contributed by atoms with van der Waals surface area (Å²) in [7, 11) is 1.76. The summed E-state index contributed by atoms with van der Waals surface area (Å²) in [6.07, 6.45) is 7.38. The number of nitrogens with one attached hydrogen (secondary N) is 2. The first-order chi connectivity index (χ1) is 15.2. The molecule has 5 atom stereocenters. The molecule has 4 aliphatic rings. The van der Waals surface area contributed by atoms with Crippen LogP contribution in [0.3, 0.4) is 0 Å². The Hall–Kier alpha value is -2.00. The van der Waals surface area contributed by atoms with Crippen LogP contribution < -0.4 is 16.2 Å². The number of allylic oxidation sites excluding steroid dienone is 1. The predicted molar refractivity (Wildman–Crippen MR) is 128 cm³/mol. The highest BCUT2D eigenvalue weighted by molar-refractivity contribution is 9.10. The van der Waals surface area contributed by atoms with Crippen molar-refractivity contribution in [2.45, 2.75) is 52.3 Å². The summed E-state index contributed by atoms with van der Waals surface area (Å²) in [6.45, 7) is 7.98. The van der Waals surface area contributed by atoms with Crippen molar-refractivity contribution in [3.8, 4) is 0 Å². The van der Waals surface area contributed by atoms with Crippen molar-refractivity contribution in [2.75, 3.05) is 25.5 Å². The zero-order valence-corrected chi connectivity index (χ0v) is 20.7. The highest BCUT2D eigenvalue weighted by Crippen LogP contribution is 2.62. The van der Waals surface area contributed by atoms with Gasteiger partial charge >= 0.3 is 0 Å². The number of hydrogen-bond donors (Lipinski definition) is 2. The van der Waals surface area contributed by atoms with E-state index in [1.807, 2.05) is 6.08 Å². The Morgan fingerprint density at radius 1 is 1.38 bits per heavy atom. The molecule has 5 rings (SSSR count). The monoisotopic (exact) mass is 505 g/mol. The van der Waals surface area contributed by atoms with E-state index in [4.69, 9.17) is 4.74 Å². The molecule has 3 saturated carbocycles. The molecule has 0 radical (unpaired) electrons. The minimum absolute atomic E-state index is 0.0734. The fourth-order valence-electron chi connectivity index (χ4n) is 5.70. The summed E-state index contributed by atoms with van der Waals surface area (Å²) >= 11 is 3.43. The number of dihydropyridines is 1. The van der Waals surface area contributed by atoms with Gasteiger partial charge in [-0.05, 0) is 63.6 Å². The van der Waals surface area contributed by atoms with Crippen LogP contribution in [-0.4, -0.2) is 54.2 Å². The second kappa shape index (κ2) is 9.09. The molecule has 0 aromatic carbocycles. The molecule has 2 heterocycles. The van der Waals surface area contributed by atoms with Crippen molar-refractivity contribution in [1.29, 1.82) is 0 Å². The maximum atomic E-state index is 12.9. The van der Waals surface area contributed by atoms with Gasteiger partial charge in [0.2, 0.25) is 5.91 Å². The molecule has 0 spiro atoms. The molecule has 1 aromatic rings. The number of nitrogens with zero attached hydrogens (tertiary/aromatic N) is 3. The molecule has 3 aliphatic carbocycles. The summed E-state index contributed by atoms with van der Waals surface area (Å²) in [5, 5.41) is 10.6. The lowest BCUT2D eigenvalue weighted by Gasteiger charge is -2.64. The number of carbonyl (C=O) groups excluding carboxylic acids is 1. The Labute approximate surface area is 197 Å². The number of rotatable bonds is 7. The van der Waals surface area contributed by atoms with Crippen LogP contribution in [0.1, 0.15) is 33.6 Å². The van der Waals surface area contributed by atoms with E-state index >= 15 is 0 Å². The molecule has 8 nitrogen and oxygen atoms in total. The lowest BCUT2D eigenvalue weighted by molar-refractivity contribution is -0.183. The number of aliphatic imine (C=N–C) groups is 1. The maximum absolute atomic E-state index is 12.9. The number of halogens is 1.